The molecule has 0 atom stereocenters. The summed E-state index contributed by atoms with van der Waals surface area (Å²) in [6.07, 6.45) is 1.44. The molecule has 72 valence electrons. The van der Waals surface area contributed by atoms with E-state index in [0.29, 0.717) is 0 Å². The number of alkyl halides is 2. The van der Waals surface area contributed by atoms with Gasteiger partial charge in [-0.2, -0.15) is 8.78 Å². The number of aliphatic carboxylic acids is 1. The first-order chi connectivity index (χ1) is 6.02. The summed E-state index contributed by atoms with van der Waals surface area (Å²) in [6.45, 7) is -0.949. The van der Waals surface area contributed by atoms with Crippen molar-refractivity contribution in [3.8, 4) is 0 Å². The molecule has 0 saturated heterocycles. The van der Waals surface area contributed by atoms with Crippen molar-refractivity contribution in [1.82, 2.24) is 4.98 Å². The van der Waals surface area contributed by atoms with Gasteiger partial charge in [-0.15, -0.1) is 11.3 Å². The third-order valence-electron chi connectivity index (χ3n) is 1.21. The second-order valence-corrected chi connectivity index (χ2v) is 3.09. The van der Waals surface area contributed by atoms with Crippen molar-refractivity contribution in [3.63, 3.8) is 0 Å². The van der Waals surface area contributed by atoms with Crippen molar-refractivity contribution in [2.75, 3.05) is 11.9 Å². The van der Waals surface area contributed by atoms with Gasteiger partial charge in [0.15, 0.2) is 5.13 Å². The minimum Gasteiger partial charge on any atom is -0.477 e. The number of anilines is 1. The number of halogens is 2. The van der Waals surface area contributed by atoms with Gasteiger partial charge in [-0.1, -0.05) is 0 Å². The normalized spacial score (nSPS) is 11.2. The maximum Gasteiger partial charge on any atom is 0.376 e. The highest BCUT2D eigenvalue weighted by atomic mass is 32.1. The van der Waals surface area contributed by atoms with E-state index in [0.717, 1.165) is 11.3 Å². The third-order valence-corrected chi connectivity index (χ3v) is 1.94. The average Bonchev–Trinajstić information content (AvgIpc) is 2.52. The first-order valence-electron chi connectivity index (χ1n) is 3.27. The maximum atomic E-state index is 12.5. The predicted octanol–water partition coefficient (Wildman–Crippen LogP) is 1.27. The number of nitrogens with one attached hydrogen (secondary N) is 1. The Morgan fingerprint density at radius 1 is 1.77 bits per heavy atom. The molecular weight excluding hydrogens is 202 g/mol. The highest BCUT2D eigenvalue weighted by molar-refractivity contribution is 7.13. The number of carbonyl (C=O) groups is 1. The fourth-order valence-corrected chi connectivity index (χ4v) is 1.10. The molecule has 1 rings (SSSR count). The van der Waals surface area contributed by atoms with Gasteiger partial charge in [0, 0.05) is 11.6 Å². The van der Waals surface area contributed by atoms with Gasteiger partial charge in [0.2, 0.25) is 0 Å². The molecule has 13 heavy (non-hydrogen) atoms. The van der Waals surface area contributed by atoms with Crippen molar-refractivity contribution in [3.05, 3.63) is 11.6 Å². The van der Waals surface area contributed by atoms with E-state index >= 15 is 0 Å². The Morgan fingerprint density at radius 3 is 2.92 bits per heavy atom. The van der Waals surface area contributed by atoms with E-state index < -0.39 is 18.4 Å². The standard InChI is InChI=1S/C6H6F2N2O2S/c7-6(8,4(11)12)3-10-5-9-1-2-13-5/h1-2H,3H2,(H,9,10)(H,11,12). The summed E-state index contributed by atoms with van der Waals surface area (Å²) in [4.78, 5) is 13.6. The van der Waals surface area contributed by atoms with E-state index in [1.54, 1.807) is 5.38 Å². The van der Waals surface area contributed by atoms with Crippen LogP contribution in [0.15, 0.2) is 11.6 Å². The lowest BCUT2D eigenvalue weighted by molar-refractivity contribution is -0.162. The molecule has 0 bridgehead atoms. The lowest BCUT2D eigenvalue weighted by Gasteiger charge is -2.10. The maximum absolute atomic E-state index is 12.5. The van der Waals surface area contributed by atoms with Gasteiger partial charge in [0.1, 0.15) is 0 Å². The molecule has 1 aromatic rings. The molecule has 0 fully saturated rings. The van der Waals surface area contributed by atoms with Crippen LogP contribution in [0.5, 0.6) is 0 Å². The summed E-state index contributed by atoms with van der Waals surface area (Å²) >= 11 is 1.13. The molecule has 1 aromatic heterocycles. The molecule has 2 N–H and O–H groups in total. The molecule has 4 nitrogen and oxygen atoms in total. The predicted molar refractivity (Wildman–Crippen MR) is 43.2 cm³/mol. The number of thiazole rings is 1. The van der Waals surface area contributed by atoms with Crippen molar-refractivity contribution in [1.29, 1.82) is 0 Å². The molecule has 0 radical (unpaired) electrons. The monoisotopic (exact) mass is 208 g/mol. The zero-order chi connectivity index (χ0) is 9.90. The fourth-order valence-electron chi connectivity index (χ4n) is 0.573. The van der Waals surface area contributed by atoms with Crippen molar-refractivity contribution in [2.24, 2.45) is 0 Å². The molecule has 0 aliphatic carbocycles. The van der Waals surface area contributed by atoms with E-state index in [4.69, 9.17) is 5.11 Å². The van der Waals surface area contributed by atoms with Crippen molar-refractivity contribution < 1.29 is 18.7 Å². The minimum absolute atomic E-state index is 0.279. The molecule has 0 aliphatic rings. The Labute approximate surface area is 76.2 Å². The minimum atomic E-state index is -3.76. The van der Waals surface area contributed by atoms with Gasteiger partial charge >= 0.3 is 11.9 Å². The first-order valence-corrected chi connectivity index (χ1v) is 4.15. The van der Waals surface area contributed by atoms with Gasteiger partial charge < -0.3 is 10.4 Å². The largest absolute Gasteiger partial charge is 0.477 e. The Hall–Kier alpha value is -1.24. The second kappa shape index (κ2) is 3.65. The lowest BCUT2D eigenvalue weighted by Crippen LogP contribution is -2.35. The highest BCUT2D eigenvalue weighted by Crippen LogP contribution is 2.16. The summed E-state index contributed by atoms with van der Waals surface area (Å²) < 4.78 is 24.9. The number of nitrogens with zero attached hydrogens (tertiary/aromatic N) is 1. The molecule has 0 aromatic carbocycles. The zero-order valence-electron chi connectivity index (χ0n) is 6.33. The Bertz CT molecular complexity index is 289. The molecule has 0 spiro atoms. The smallest absolute Gasteiger partial charge is 0.376 e. The van der Waals surface area contributed by atoms with Crippen molar-refractivity contribution >= 4 is 22.4 Å². The number of rotatable bonds is 4. The Morgan fingerprint density at radius 2 is 2.46 bits per heavy atom. The van der Waals surface area contributed by atoms with E-state index in [2.05, 4.69) is 10.3 Å². The van der Waals surface area contributed by atoms with Crippen LogP contribution in [0, 0.1) is 0 Å². The summed E-state index contributed by atoms with van der Waals surface area (Å²) in [5.41, 5.74) is 0. The Kier molecular flexibility index (Phi) is 2.76. The van der Waals surface area contributed by atoms with E-state index in [1.807, 2.05) is 0 Å². The van der Waals surface area contributed by atoms with Gasteiger partial charge in [0.25, 0.3) is 0 Å². The van der Waals surface area contributed by atoms with Crippen LogP contribution in [0.2, 0.25) is 0 Å². The second-order valence-electron chi connectivity index (χ2n) is 2.20. The van der Waals surface area contributed by atoms with E-state index in [1.165, 1.54) is 6.20 Å². The first kappa shape index (κ1) is 9.85. The Balaban J connectivity index is 2.47. The van der Waals surface area contributed by atoms with E-state index in [-0.39, 0.29) is 5.13 Å². The molecule has 1 heterocycles. The van der Waals surface area contributed by atoms with Gasteiger partial charge in [0.05, 0.1) is 6.54 Å². The topological polar surface area (TPSA) is 62.2 Å². The van der Waals surface area contributed by atoms with Gasteiger partial charge in [-0.05, 0) is 0 Å². The SMILES string of the molecule is O=C(O)C(F)(F)CNc1nccs1. The van der Waals surface area contributed by atoms with Crippen LogP contribution in [0.3, 0.4) is 0 Å². The number of carboxylic acid groups (broad SMARTS) is 1. The van der Waals surface area contributed by atoms with Crippen LogP contribution in [-0.4, -0.2) is 28.5 Å². The van der Waals surface area contributed by atoms with E-state index in [9.17, 15) is 13.6 Å². The number of hydrogen-bond acceptors (Lipinski definition) is 4. The average molecular weight is 208 g/mol. The van der Waals surface area contributed by atoms with Crippen LogP contribution < -0.4 is 5.32 Å². The van der Waals surface area contributed by atoms with Crippen LogP contribution in [0.1, 0.15) is 0 Å². The third kappa shape index (κ3) is 2.62. The van der Waals surface area contributed by atoms with Crippen molar-refractivity contribution in [2.45, 2.75) is 5.92 Å². The number of hydrogen-bond donors (Lipinski definition) is 2. The summed E-state index contributed by atoms with van der Waals surface area (Å²) in [6, 6.07) is 0. The van der Waals surface area contributed by atoms with Gasteiger partial charge in [-0.3, -0.25) is 0 Å². The fraction of sp³-hybridized carbons (Fsp3) is 0.333. The lowest BCUT2D eigenvalue weighted by atomic mass is 10.3. The summed E-state index contributed by atoms with van der Waals surface area (Å²) in [7, 11) is 0. The number of carboxylic acids is 1. The number of aromatic nitrogens is 1. The molecule has 0 amide bonds. The molecule has 0 unspecified atom stereocenters. The van der Waals surface area contributed by atoms with Gasteiger partial charge in [-0.25, -0.2) is 9.78 Å². The van der Waals surface area contributed by atoms with Crippen LogP contribution in [0.25, 0.3) is 0 Å². The van der Waals surface area contributed by atoms with Crippen LogP contribution >= 0.6 is 11.3 Å². The van der Waals surface area contributed by atoms with Crippen LogP contribution in [0.4, 0.5) is 13.9 Å². The van der Waals surface area contributed by atoms with Crippen LogP contribution in [-0.2, 0) is 4.79 Å². The summed E-state index contributed by atoms with van der Waals surface area (Å²) in [5.74, 6) is -5.90. The summed E-state index contributed by atoms with van der Waals surface area (Å²) in [5, 5.41) is 12.2. The molecular formula is C6H6F2N2O2S. The molecule has 0 saturated carbocycles. The highest BCUT2D eigenvalue weighted by Gasteiger charge is 2.38. The zero-order valence-corrected chi connectivity index (χ0v) is 7.15. The molecule has 7 heteroatoms. The quantitative estimate of drug-likeness (QED) is 0.782. The molecule has 0 aliphatic heterocycles.